The second-order valence-electron chi connectivity index (χ2n) is 3.91. The molecule has 0 unspecified atom stereocenters. The molecule has 0 aliphatic carbocycles. The van der Waals surface area contributed by atoms with E-state index in [2.05, 4.69) is 46.3 Å². The molecule has 0 aliphatic rings. The Kier molecular flexibility index (Phi) is 3.44. The van der Waals surface area contributed by atoms with Gasteiger partial charge in [0.05, 0.1) is 5.69 Å². The minimum Gasteiger partial charge on any atom is -0.368 e. The van der Waals surface area contributed by atoms with Crippen molar-refractivity contribution in [1.29, 1.82) is 0 Å². The van der Waals surface area contributed by atoms with Crippen molar-refractivity contribution >= 4 is 33.5 Å². The number of anilines is 3. The van der Waals surface area contributed by atoms with Gasteiger partial charge < -0.3 is 11.1 Å². The third-order valence-electron chi connectivity index (χ3n) is 2.44. The van der Waals surface area contributed by atoms with Crippen molar-refractivity contribution in [2.75, 3.05) is 11.1 Å². The first kappa shape index (κ1) is 13.4. The number of nitrogens with two attached hydrogens (primary N) is 1. The van der Waals surface area contributed by atoms with Gasteiger partial charge in [-0.05, 0) is 34.1 Å². The lowest BCUT2D eigenvalue weighted by atomic mass is 10.3. The van der Waals surface area contributed by atoms with E-state index in [0.717, 1.165) is 0 Å². The first-order chi connectivity index (χ1) is 10.1. The Balaban J connectivity index is 1.97. The summed E-state index contributed by atoms with van der Waals surface area (Å²) in [6.07, 6.45) is 2.77. The van der Waals surface area contributed by atoms with Gasteiger partial charge in [0.15, 0.2) is 0 Å². The van der Waals surface area contributed by atoms with Crippen molar-refractivity contribution in [2.45, 2.75) is 0 Å². The van der Waals surface area contributed by atoms with Gasteiger partial charge in [-0.1, -0.05) is 0 Å². The highest BCUT2D eigenvalue weighted by Crippen LogP contribution is 2.25. The highest BCUT2D eigenvalue weighted by atomic mass is 79.9. The number of hydrogen-bond acceptors (Lipinski definition) is 7. The predicted octanol–water partition coefficient (Wildman–Crippen LogP) is 1.68. The van der Waals surface area contributed by atoms with E-state index < -0.39 is 0 Å². The number of aromatic nitrogens is 6. The second kappa shape index (κ2) is 5.40. The maximum atomic E-state index is 13.3. The molecule has 0 saturated carbocycles. The minimum atomic E-state index is -0.390. The smallest absolute Gasteiger partial charge is 0.258 e. The van der Waals surface area contributed by atoms with Crippen LogP contribution in [0.3, 0.4) is 0 Å². The number of hydrogen-bond donors (Lipinski definition) is 2. The maximum Gasteiger partial charge on any atom is 0.258 e. The van der Waals surface area contributed by atoms with E-state index in [1.165, 1.54) is 29.5 Å². The van der Waals surface area contributed by atoms with Gasteiger partial charge in [-0.15, -0.1) is 0 Å². The fourth-order valence-corrected chi connectivity index (χ4v) is 1.91. The van der Waals surface area contributed by atoms with Crippen molar-refractivity contribution < 1.29 is 4.39 Å². The normalized spacial score (nSPS) is 10.6. The van der Waals surface area contributed by atoms with Crippen LogP contribution < -0.4 is 11.1 Å². The van der Waals surface area contributed by atoms with Gasteiger partial charge in [-0.25, -0.2) is 9.37 Å². The molecule has 106 valence electrons. The van der Waals surface area contributed by atoms with E-state index in [1.807, 2.05) is 0 Å². The SMILES string of the molecule is Nc1nc(Nc2cc(F)ccc2Br)nc(-n2cncn2)n1. The Morgan fingerprint density at radius 2 is 2.10 bits per heavy atom. The van der Waals surface area contributed by atoms with Crippen molar-refractivity contribution in [1.82, 2.24) is 29.7 Å². The molecule has 0 aliphatic heterocycles. The van der Waals surface area contributed by atoms with Gasteiger partial charge in [0.25, 0.3) is 5.95 Å². The highest BCUT2D eigenvalue weighted by Gasteiger charge is 2.09. The zero-order valence-electron chi connectivity index (χ0n) is 10.4. The van der Waals surface area contributed by atoms with Crippen molar-refractivity contribution in [3.8, 4) is 5.95 Å². The standard InChI is InChI=1S/C11H8BrFN8/c12-7-2-1-6(13)3-8(7)17-10-18-9(14)19-11(20-10)21-5-15-4-16-21/h1-5H,(H3,14,17,18,19,20). The monoisotopic (exact) mass is 350 g/mol. The Labute approximate surface area is 126 Å². The second-order valence-corrected chi connectivity index (χ2v) is 4.76. The molecule has 0 spiro atoms. The molecule has 21 heavy (non-hydrogen) atoms. The third-order valence-corrected chi connectivity index (χ3v) is 3.13. The van der Waals surface area contributed by atoms with Crippen molar-refractivity contribution in [2.24, 2.45) is 0 Å². The molecule has 0 bridgehead atoms. The zero-order valence-corrected chi connectivity index (χ0v) is 12.0. The van der Waals surface area contributed by atoms with E-state index in [-0.39, 0.29) is 23.7 Å². The Hall–Kier alpha value is -2.62. The van der Waals surface area contributed by atoms with E-state index in [0.29, 0.717) is 10.2 Å². The topological polar surface area (TPSA) is 107 Å². The van der Waals surface area contributed by atoms with Crippen LogP contribution in [0.1, 0.15) is 0 Å². The van der Waals surface area contributed by atoms with Gasteiger partial charge >= 0.3 is 0 Å². The molecule has 0 saturated heterocycles. The van der Waals surface area contributed by atoms with Gasteiger partial charge in [-0.3, -0.25) is 0 Å². The van der Waals surface area contributed by atoms with E-state index >= 15 is 0 Å². The molecule has 2 aromatic heterocycles. The summed E-state index contributed by atoms with van der Waals surface area (Å²) in [4.78, 5) is 15.8. The number of benzene rings is 1. The number of halogens is 2. The number of rotatable bonds is 3. The van der Waals surface area contributed by atoms with E-state index in [1.54, 1.807) is 6.07 Å². The van der Waals surface area contributed by atoms with Crippen molar-refractivity contribution in [3.63, 3.8) is 0 Å². The van der Waals surface area contributed by atoms with Gasteiger partial charge in [0.2, 0.25) is 11.9 Å². The van der Waals surface area contributed by atoms with Crippen LogP contribution >= 0.6 is 15.9 Å². The molecule has 3 N–H and O–H groups in total. The Bertz CT molecular complexity index is 776. The summed E-state index contributed by atoms with van der Waals surface area (Å²) < 4.78 is 15.3. The molecule has 2 heterocycles. The predicted molar refractivity (Wildman–Crippen MR) is 76.5 cm³/mol. The lowest BCUT2D eigenvalue weighted by molar-refractivity contribution is 0.628. The molecule has 10 heteroatoms. The fourth-order valence-electron chi connectivity index (χ4n) is 1.56. The zero-order chi connectivity index (χ0) is 14.8. The molecule has 3 rings (SSSR count). The van der Waals surface area contributed by atoms with Crippen LogP contribution in [0, 0.1) is 5.82 Å². The number of nitrogen functional groups attached to an aromatic ring is 1. The maximum absolute atomic E-state index is 13.3. The largest absolute Gasteiger partial charge is 0.368 e. The molecule has 0 amide bonds. The number of nitrogens with one attached hydrogen (secondary N) is 1. The quantitative estimate of drug-likeness (QED) is 0.739. The van der Waals surface area contributed by atoms with Crippen LogP contribution in [-0.2, 0) is 0 Å². The Morgan fingerprint density at radius 3 is 2.86 bits per heavy atom. The molecule has 0 fully saturated rings. The number of nitrogens with zero attached hydrogens (tertiary/aromatic N) is 6. The molecule has 1 aromatic carbocycles. The summed E-state index contributed by atoms with van der Waals surface area (Å²) in [5.74, 6) is -0.0147. The fraction of sp³-hybridized carbons (Fsp3) is 0. The summed E-state index contributed by atoms with van der Waals surface area (Å²) in [7, 11) is 0. The lowest BCUT2D eigenvalue weighted by Crippen LogP contribution is -2.09. The molecular weight excluding hydrogens is 343 g/mol. The summed E-state index contributed by atoms with van der Waals surface area (Å²) in [6, 6.07) is 4.21. The van der Waals surface area contributed by atoms with Gasteiger partial charge in [-0.2, -0.15) is 24.7 Å². The minimum absolute atomic E-state index is 0.00512. The average Bonchev–Trinajstić information content (AvgIpc) is 2.96. The summed E-state index contributed by atoms with van der Waals surface area (Å²) in [6.45, 7) is 0. The molecule has 3 aromatic rings. The van der Waals surface area contributed by atoms with Crippen LogP contribution in [0.15, 0.2) is 35.3 Å². The first-order valence-corrected chi connectivity index (χ1v) is 6.50. The average molecular weight is 351 g/mol. The lowest BCUT2D eigenvalue weighted by Gasteiger charge is -2.08. The molecule has 0 atom stereocenters. The van der Waals surface area contributed by atoms with Crippen LogP contribution in [-0.4, -0.2) is 29.7 Å². The molecule has 0 radical (unpaired) electrons. The molecule has 8 nitrogen and oxygen atoms in total. The van der Waals surface area contributed by atoms with Gasteiger partial charge in [0.1, 0.15) is 18.5 Å². The van der Waals surface area contributed by atoms with Crippen LogP contribution in [0.2, 0.25) is 0 Å². The van der Waals surface area contributed by atoms with Crippen LogP contribution in [0.5, 0.6) is 0 Å². The third kappa shape index (κ3) is 2.94. The molecular formula is C11H8BrFN8. The summed E-state index contributed by atoms with van der Waals surface area (Å²) >= 11 is 3.30. The Morgan fingerprint density at radius 1 is 1.24 bits per heavy atom. The first-order valence-electron chi connectivity index (χ1n) is 5.70. The summed E-state index contributed by atoms with van der Waals surface area (Å²) in [5.41, 5.74) is 6.10. The van der Waals surface area contributed by atoms with E-state index in [4.69, 9.17) is 5.73 Å². The van der Waals surface area contributed by atoms with E-state index in [9.17, 15) is 4.39 Å². The van der Waals surface area contributed by atoms with Crippen LogP contribution in [0.4, 0.5) is 22.0 Å². The van der Waals surface area contributed by atoms with Gasteiger partial charge in [0, 0.05) is 4.47 Å². The summed E-state index contributed by atoms with van der Waals surface area (Å²) in [5, 5.41) is 6.77. The van der Waals surface area contributed by atoms with Crippen molar-refractivity contribution in [3.05, 3.63) is 41.1 Å². The highest BCUT2D eigenvalue weighted by molar-refractivity contribution is 9.10. The van der Waals surface area contributed by atoms with Crippen LogP contribution in [0.25, 0.3) is 5.95 Å².